The minimum atomic E-state index is 0.517. The van der Waals surface area contributed by atoms with Crippen LogP contribution in [-0.2, 0) is 25.8 Å². The molecule has 2 aromatic heterocycles. The third kappa shape index (κ3) is 4.55. The molecule has 154 valence electrons. The van der Waals surface area contributed by atoms with Crippen LogP contribution in [0.25, 0.3) is 11.0 Å². The molecule has 0 aliphatic carbocycles. The van der Waals surface area contributed by atoms with E-state index < -0.39 is 0 Å². The van der Waals surface area contributed by atoms with Crippen molar-refractivity contribution in [3.05, 3.63) is 95.0 Å². The van der Waals surface area contributed by atoms with Crippen molar-refractivity contribution in [2.24, 2.45) is 5.73 Å². The van der Waals surface area contributed by atoms with Crippen molar-refractivity contribution in [3.8, 4) is 5.75 Å². The van der Waals surface area contributed by atoms with Crippen LogP contribution in [0.5, 0.6) is 5.75 Å². The highest BCUT2D eigenvalue weighted by molar-refractivity contribution is 5.88. The number of nitrogens with zero attached hydrogens (tertiary/aromatic N) is 1. The van der Waals surface area contributed by atoms with Crippen LogP contribution < -0.4 is 10.5 Å². The van der Waals surface area contributed by atoms with Crippen molar-refractivity contribution in [3.63, 3.8) is 0 Å². The van der Waals surface area contributed by atoms with Gasteiger partial charge in [0.15, 0.2) is 0 Å². The van der Waals surface area contributed by atoms with E-state index in [1.54, 1.807) is 0 Å². The zero-order valence-corrected chi connectivity index (χ0v) is 17.4. The highest BCUT2D eigenvalue weighted by atomic mass is 16.5. The quantitative estimate of drug-likeness (QED) is 0.383. The number of benzene rings is 2. The molecule has 0 fully saturated rings. The van der Waals surface area contributed by atoms with Gasteiger partial charge in [0.25, 0.3) is 0 Å². The molecular formula is C26H28N2O2. The van der Waals surface area contributed by atoms with Crippen LogP contribution in [-0.4, -0.2) is 11.6 Å². The Morgan fingerprint density at radius 1 is 0.933 bits per heavy atom. The van der Waals surface area contributed by atoms with Crippen molar-refractivity contribution < 1.29 is 9.15 Å². The maximum atomic E-state index is 6.16. The lowest BCUT2D eigenvalue weighted by Gasteiger charge is -2.09. The number of rotatable bonds is 9. The Morgan fingerprint density at radius 2 is 1.80 bits per heavy atom. The van der Waals surface area contributed by atoms with E-state index in [9.17, 15) is 0 Å². The van der Waals surface area contributed by atoms with E-state index in [4.69, 9.17) is 14.9 Å². The van der Waals surface area contributed by atoms with Gasteiger partial charge in [-0.15, -0.1) is 0 Å². The fraction of sp³-hybridized carbons (Fsp3) is 0.269. The number of nitrogens with two attached hydrogens (primary N) is 1. The molecule has 4 heteroatoms. The second-order valence-corrected chi connectivity index (χ2v) is 7.53. The predicted molar refractivity (Wildman–Crippen MR) is 121 cm³/mol. The molecule has 0 aliphatic heterocycles. The molecule has 30 heavy (non-hydrogen) atoms. The number of aromatic nitrogens is 1. The van der Waals surface area contributed by atoms with E-state index in [1.165, 1.54) is 11.1 Å². The van der Waals surface area contributed by atoms with E-state index in [0.29, 0.717) is 13.2 Å². The summed E-state index contributed by atoms with van der Waals surface area (Å²) < 4.78 is 12.3. The Bertz CT molecular complexity index is 1100. The molecule has 2 N–H and O–H groups in total. The van der Waals surface area contributed by atoms with E-state index in [0.717, 1.165) is 59.4 Å². The minimum Gasteiger partial charge on any atom is -0.493 e. The predicted octanol–water partition coefficient (Wildman–Crippen LogP) is 5.39. The standard InChI is InChI=1S/C26H28N2O2/c1-19-23(15-14-20-8-3-2-4-9-20)30-25-13-5-12-24(26(19)25)29-17-7-11-22-21(18-27)10-6-16-28-22/h2-6,8-10,12-13,16H,7,11,14-15,17-18,27H2,1H3. The van der Waals surface area contributed by atoms with Gasteiger partial charge in [-0.05, 0) is 55.5 Å². The summed E-state index contributed by atoms with van der Waals surface area (Å²) in [5.41, 5.74) is 11.4. The van der Waals surface area contributed by atoms with Gasteiger partial charge in [0.05, 0.1) is 12.0 Å². The van der Waals surface area contributed by atoms with Crippen LogP contribution in [0.2, 0.25) is 0 Å². The van der Waals surface area contributed by atoms with Gasteiger partial charge in [-0.25, -0.2) is 0 Å². The molecule has 0 unspecified atom stereocenters. The van der Waals surface area contributed by atoms with Gasteiger partial charge in [-0.1, -0.05) is 42.5 Å². The zero-order chi connectivity index (χ0) is 20.8. The van der Waals surface area contributed by atoms with E-state index in [1.807, 2.05) is 42.6 Å². The Balaban J connectivity index is 1.42. The van der Waals surface area contributed by atoms with E-state index in [-0.39, 0.29) is 0 Å². The Hall–Kier alpha value is -3.11. The molecule has 0 radical (unpaired) electrons. The summed E-state index contributed by atoms with van der Waals surface area (Å²) in [6.45, 7) is 3.27. The fourth-order valence-electron chi connectivity index (χ4n) is 3.88. The lowest BCUT2D eigenvalue weighted by molar-refractivity contribution is 0.314. The Labute approximate surface area is 177 Å². The maximum absolute atomic E-state index is 6.16. The van der Waals surface area contributed by atoms with Gasteiger partial charge in [-0.2, -0.15) is 0 Å². The summed E-state index contributed by atoms with van der Waals surface area (Å²) in [4.78, 5) is 4.46. The van der Waals surface area contributed by atoms with Crippen LogP contribution >= 0.6 is 0 Å². The summed E-state index contributed by atoms with van der Waals surface area (Å²) in [6, 6.07) is 20.5. The van der Waals surface area contributed by atoms with E-state index >= 15 is 0 Å². The number of hydrogen-bond acceptors (Lipinski definition) is 4. The lowest BCUT2D eigenvalue weighted by Crippen LogP contribution is -2.06. The maximum Gasteiger partial charge on any atom is 0.138 e. The molecule has 4 rings (SSSR count). The fourth-order valence-corrected chi connectivity index (χ4v) is 3.88. The zero-order valence-electron chi connectivity index (χ0n) is 17.4. The lowest BCUT2D eigenvalue weighted by atomic mass is 10.1. The van der Waals surface area contributed by atoms with Crippen LogP contribution in [0.3, 0.4) is 0 Å². The summed E-state index contributed by atoms with van der Waals surface area (Å²) in [5, 5.41) is 1.08. The van der Waals surface area contributed by atoms with E-state index in [2.05, 4.69) is 36.2 Å². The minimum absolute atomic E-state index is 0.517. The number of aryl methyl sites for hydroxylation is 4. The molecule has 0 atom stereocenters. The highest BCUT2D eigenvalue weighted by Crippen LogP contribution is 2.33. The largest absolute Gasteiger partial charge is 0.493 e. The SMILES string of the molecule is Cc1c(CCc2ccccc2)oc2cccc(OCCCc3ncccc3CN)c12. The normalized spacial score (nSPS) is 11.1. The number of furan rings is 1. The van der Waals surface area contributed by atoms with Crippen LogP contribution in [0.4, 0.5) is 0 Å². The molecule has 0 saturated carbocycles. The molecule has 2 aromatic carbocycles. The Morgan fingerprint density at radius 3 is 2.63 bits per heavy atom. The van der Waals surface area contributed by atoms with Crippen molar-refractivity contribution in [1.82, 2.24) is 4.98 Å². The van der Waals surface area contributed by atoms with Gasteiger partial charge >= 0.3 is 0 Å². The first kappa shape index (κ1) is 20.2. The second-order valence-electron chi connectivity index (χ2n) is 7.53. The van der Waals surface area contributed by atoms with Gasteiger partial charge < -0.3 is 14.9 Å². The van der Waals surface area contributed by atoms with Crippen LogP contribution in [0, 0.1) is 6.92 Å². The number of ether oxygens (including phenoxy) is 1. The number of pyridine rings is 1. The van der Waals surface area contributed by atoms with Gasteiger partial charge in [0.1, 0.15) is 17.1 Å². The smallest absolute Gasteiger partial charge is 0.138 e. The average molecular weight is 401 g/mol. The summed E-state index contributed by atoms with van der Waals surface area (Å²) in [6.07, 6.45) is 5.41. The van der Waals surface area contributed by atoms with Gasteiger partial charge in [-0.3, -0.25) is 4.98 Å². The molecule has 4 aromatic rings. The molecule has 0 aliphatic rings. The Kier molecular flexibility index (Phi) is 6.45. The molecule has 0 bridgehead atoms. The first-order chi connectivity index (χ1) is 14.8. The molecule has 0 saturated heterocycles. The first-order valence-corrected chi connectivity index (χ1v) is 10.6. The summed E-state index contributed by atoms with van der Waals surface area (Å²) in [7, 11) is 0. The molecule has 0 spiro atoms. The topological polar surface area (TPSA) is 61.3 Å². The van der Waals surface area contributed by atoms with Gasteiger partial charge in [0, 0.05) is 30.4 Å². The van der Waals surface area contributed by atoms with Crippen molar-refractivity contribution in [1.29, 1.82) is 0 Å². The third-order valence-electron chi connectivity index (χ3n) is 5.52. The molecule has 2 heterocycles. The molecule has 0 amide bonds. The molecular weight excluding hydrogens is 372 g/mol. The van der Waals surface area contributed by atoms with Crippen LogP contribution in [0.15, 0.2) is 71.3 Å². The average Bonchev–Trinajstić information content (AvgIpc) is 3.12. The monoisotopic (exact) mass is 400 g/mol. The highest BCUT2D eigenvalue weighted by Gasteiger charge is 2.15. The third-order valence-corrected chi connectivity index (χ3v) is 5.52. The van der Waals surface area contributed by atoms with Gasteiger partial charge in [0.2, 0.25) is 0 Å². The van der Waals surface area contributed by atoms with Crippen molar-refractivity contribution in [2.45, 2.75) is 39.2 Å². The summed E-state index contributed by atoms with van der Waals surface area (Å²) in [5.74, 6) is 1.92. The first-order valence-electron chi connectivity index (χ1n) is 10.6. The second kappa shape index (κ2) is 9.59. The van der Waals surface area contributed by atoms with Crippen molar-refractivity contribution >= 4 is 11.0 Å². The van der Waals surface area contributed by atoms with Crippen LogP contribution in [0.1, 0.15) is 34.6 Å². The number of fused-ring (bicyclic) bond motifs is 1. The number of hydrogen-bond donors (Lipinski definition) is 1. The summed E-state index contributed by atoms with van der Waals surface area (Å²) >= 11 is 0. The van der Waals surface area contributed by atoms with Crippen molar-refractivity contribution in [2.75, 3.05) is 6.61 Å². The molecule has 4 nitrogen and oxygen atoms in total.